The first-order valence-corrected chi connectivity index (χ1v) is 14.1. The minimum Gasteiger partial charge on any atom is -0.481 e. The van der Waals surface area contributed by atoms with E-state index in [2.05, 4.69) is 12.1 Å². The average molecular weight is 557 g/mol. The molecular weight excluding hydrogens is 527 g/mol. The average Bonchev–Trinajstić information content (AvgIpc) is 3.29. The maximum Gasteiger partial charge on any atom is 0.321 e. The number of fused-ring (bicyclic) bond motifs is 3. The molecule has 5 nitrogen and oxygen atoms in total. The van der Waals surface area contributed by atoms with Crippen LogP contribution < -0.4 is 0 Å². The standard InChI is InChI=1S/C33H29FO5S/c1-33(2,3)39-32(37)27(31(35)36)19-40-18-23-16-15-22(17-28(23)34)20-11-13-21(14-12-20)24-8-6-9-26-25-7-4-5-10-29(25)38-30(24)26/h4-17,27H,18-19H2,1-3H3,(H,35,36)/t27-/m1/s1. The topological polar surface area (TPSA) is 76.7 Å². The van der Waals surface area contributed by atoms with Crippen LogP contribution in [0, 0.1) is 11.7 Å². The van der Waals surface area contributed by atoms with E-state index < -0.39 is 23.5 Å². The minimum atomic E-state index is -1.31. The van der Waals surface area contributed by atoms with E-state index in [1.165, 1.54) is 17.8 Å². The van der Waals surface area contributed by atoms with E-state index >= 15 is 0 Å². The lowest BCUT2D eigenvalue weighted by Gasteiger charge is -2.22. The van der Waals surface area contributed by atoms with Gasteiger partial charge < -0.3 is 14.3 Å². The molecule has 0 radical (unpaired) electrons. The Labute approximate surface area is 236 Å². The Balaban J connectivity index is 1.29. The summed E-state index contributed by atoms with van der Waals surface area (Å²) in [6.45, 7) is 5.05. The molecule has 0 saturated carbocycles. The first-order valence-electron chi connectivity index (χ1n) is 12.9. The van der Waals surface area contributed by atoms with Crippen LogP contribution in [0.25, 0.3) is 44.2 Å². The summed E-state index contributed by atoms with van der Waals surface area (Å²) in [5.41, 5.74) is 4.93. The van der Waals surface area contributed by atoms with Gasteiger partial charge in [0.2, 0.25) is 0 Å². The van der Waals surface area contributed by atoms with Crippen molar-refractivity contribution in [2.75, 3.05) is 5.75 Å². The molecule has 1 aromatic heterocycles. The van der Waals surface area contributed by atoms with Gasteiger partial charge in [0.05, 0.1) is 0 Å². The molecule has 4 aromatic carbocycles. The molecule has 0 saturated heterocycles. The summed E-state index contributed by atoms with van der Waals surface area (Å²) in [5.74, 6) is -3.51. The summed E-state index contributed by atoms with van der Waals surface area (Å²) in [6.07, 6.45) is 0. The van der Waals surface area contributed by atoms with Crippen molar-refractivity contribution in [1.82, 2.24) is 0 Å². The molecule has 1 heterocycles. The maximum atomic E-state index is 15.0. The molecule has 0 fully saturated rings. The fourth-order valence-electron chi connectivity index (χ4n) is 4.56. The highest BCUT2D eigenvalue weighted by molar-refractivity contribution is 7.98. The smallest absolute Gasteiger partial charge is 0.321 e. The van der Waals surface area contributed by atoms with Crippen LogP contribution in [0.3, 0.4) is 0 Å². The molecule has 0 amide bonds. The predicted octanol–water partition coefficient (Wildman–Crippen LogP) is 8.33. The summed E-state index contributed by atoms with van der Waals surface area (Å²) < 4.78 is 26.4. The number of carbonyl (C=O) groups excluding carboxylic acids is 1. The van der Waals surface area contributed by atoms with Crippen molar-refractivity contribution in [2.45, 2.75) is 32.1 Å². The number of esters is 1. The van der Waals surface area contributed by atoms with Crippen LogP contribution >= 0.6 is 11.8 Å². The number of rotatable bonds is 8. The van der Waals surface area contributed by atoms with Gasteiger partial charge in [-0.25, -0.2) is 4.39 Å². The SMILES string of the molecule is CC(C)(C)OC(=O)[C@H](CSCc1ccc(-c2ccc(-c3cccc4c3oc3ccccc34)cc2)cc1F)C(=O)O. The lowest BCUT2D eigenvalue weighted by molar-refractivity contribution is -0.165. The van der Waals surface area contributed by atoms with Crippen molar-refractivity contribution in [1.29, 1.82) is 0 Å². The maximum absolute atomic E-state index is 15.0. The fraction of sp³-hybridized carbons (Fsp3) is 0.212. The fourth-order valence-corrected chi connectivity index (χ4v) is 5.65. The molecule has 7 heteroatoms. The molecule has 0 spiro atoms. The van der Waals surface area contributed by atoms with E-state index in [1.807, 2.05) is 60.7 Å². The Hall–Kier alpha value is -4.10. The Morgan fingerprint density at radius 3 is 2.27 bits per heavy atom. The van der Waals surface area contributed by atoms with Crippen LogP contribution in [0.2, 0.25) is 0 Å². The van der Waals surface area contributed by atoms with Gasteiger partial charge >= 0.3 is 11.9 Å². The number of para-hydroxylation sites is 2. The highest BCUT2D eigenvalue weighted by Gasteiger charge is 2.31. The number of carbonyl (C=O) groups is 2. The largest absolute Gasteiger partial charge is 0.481 e. The molecule has 0 aliphatic rings. The molecule has 40 heavy (non-hydrogen) atoms. The third-order valence-corrected chi connectivity index (χ3v) is 7.60. The van der Waals surface area contributed by atoms with E-state index in [9.17, 15) is 19.1 Å². The molecule has 0 unspecified atom stereocenters. The zero-order chi connectivity index (χ0) is 28.4. The lowest BCUT2D eigenvalue weighted by atomic mass is 9.98. The van der Waals surface area contributed by atoms with Gasteiger partial charge in [-0.3, -0.25) is 9.59 Å². The van der Waals surface area contributed by atoms with Gasteiger partial charge in [-0.15, -0.1) is 0 Å². The van der Waals surface area contributed by atoms with Gasteiger partial charge in [-0.2, -0.15) is 11.8 Å². The van der Waals surface area contributed by atoms with Crippen LogP contribution in [0.4, 0.5) is 4.39 Å². The van der Waals surface area contributed by atoms with Crippen molar-refractivity contribution in [3.8, 4) is 22.3 Å². The van der Waals surface area contributed by atoms with Gasteiger partial charge in [0.25, 0.3) is 0 Å². The van der Waals surface area contributed by atoms with Crippen molar-refractivity contribution < 1.29 is 28.2 Å². The molecule has 0 aliphatic carbocycles. The second kappa shape index (κ2) is 11.2. The normalized spacial score (nSPS) is 12.5. The second-order valence-corrected chi connectivity index (χ2v) is 11.6. The quantitative estimate of drug-likeness (QED) is 0.153. The number of furan rings is 1. The van der Waals surface area contributed by atoms with Crippen molar-refractivity contribution in [3.05, 3.63) is 96.3 Å². The van der Waals surface area contributed by atoms with E-state index in [1.54, 1.807) is 26.8 Å². The predicted molar refractivity (Wildman–Crippen MR) is 158 cm³/mol. The molecule has 0 aliphatic heterocycles. The number of halogens is 1. The number of carboxylic acid groups (broad SMARTS) is 1. The van der Waals surface area contributed by atoms with E-state index in [-0.39, 0.29) is 17.3 Å². The van der Waals surface area contributed by atoms with Crippen LogP contribution in [-0.4, -0.2) is 28.4 Å². The van der Waals surface area contributed by atoms with Crippen molar-refractivity contribution in [2.24, 2.45) is 5.92 Å². The number of thioether (sulfide) groups is 1. The van der Waals surface area contributed by atoms with E-state index in [0.29, 0.717) is 5.56 Å². The lowest BCUT2D eigenvalue weighted by Crippen LogP contribution is -2.34. The number of aliphatic carboxylic acids is 1. The molecule has 0 bridgehead atoms. The monoisotopic (exact) mass is 556 g/mol. The Morgan fingerprint density at radius 2 is 1.57 bits per heavy atom. The summed E-state index contributed by atoms with van der Waals surface area (Å²) in [7, 11) is 0. The number of hydrogen-bond donors (Lipinski definition) is 1. The summed E-state index contributed by atoms with van der Waals surface area (Å²) in [6, 6.07) is 27.0. The van der Waals surface area contributed by atoms with Crippen LogP contribution in [0.1, 0.15) is 26.3 Å². The molecule has 1 atom stereocenters. The summed E-state index contributed by atoms with van der Waals surface area (Å²) >= 11 is 1.18. The number of benzene rings is 4. The minimum absolute atomic E-state index is 0.00904. The Kier molecular flexibility index (Phi) is 7.68. The second-order valence-electron chi connectivity index (χ2n) is 10.6. The van der Waals surface area contributed by atoms with Gasteiger partial charge in [-0.05, 0) is 55.2 Å². The van der Waals surface area contributed by atoms with Gasteiger partial charge in [-0.1, -0.05) is 72.8 Å². The highest BCUT2D eigenvalue weighted by Crippen LogP contribution is 2.36. The first-order chi connectivity index (χ1) is 19.1. The molecular formula is C33H29FO5S. The van der Waals surface area contributed by atoms with Crippen molar-refractivity contribution in [3.63, 3.8) is 0 Å². The molecule has 204 valence electrons. The molecule has 5 aromatic rings. The Bertz CT molecular complexity index is 1700. The number of ether oxygens (including phenoxy) is 1. The third-order valence-electron chi connectivity index (χ3n) is 6.52. The zero-order valence-electron chi connectivity index (χ0n) is 22.4. The van der Waals surface area contributed by atoms with Crippen LogP contribution in [0.15, 0.2) is 89.3 Å². The van der Waals surface area contributed by atoms with E-state index in [0.717, 1.165) is 44.2 Å². The molecule has 5 rings (SSSR count). The third kappa shape index (κ3) is 5.89. The first kappa shape index (κ1) is 27.5. The molecule has 1 N–H and O–H groups in total. The number of hydrogen-bond acceptors (Lipinski definition) is 5. The highest BCUT2D eigenvalue weighted by atomic mass is 32.2. The summed E-state index contributed by atoms with van der Waals surface area (Å²) in [5, 5.41) is 11.6. The van der Waals surface area contributed by atoms with Gasteiger partial charge in [0.15, 0.2) is 5.92 Å². The number of carboxylic acids is 1. The van der Waals surface area contributed by atoms with Crippen molar-refractivity contribution >= 4 is 45.6 Å². The van der Waals surface area contributed by atoms with Gasteiger partial charge in [0, 0.05) is 27.8 Å². The van der Waals surface area contributed by atoms with Crippen LogP contribution in [-0.2, 0) is 20.1 Å². The van der Waals surface area contributed by atoms with E-state index in [4.69, 9.17) is 9.15 Å². The van der Waals surface area contributed by atoms with Gasteiger partial charge in [0.1, 0.15) is 22.6 Å². The Morgan fingerprint density at radius 1 is 0.900 bits per heavy atom. The summed E-state index contributed by atoms with van der Waals surface area (Å²) in [4.78, 5) is 23.8. The zero-order valence-corrected chi connectivity index (χ0v) is 23.3. The van der Waals surface area contributed by atoms with Crippen LogP contribution in [0.5, 0.6) is 0 Å².